The zero-order valence-corrected chi connectivity index (χ0v) is 18.1. The van der Waals surface area contributed by atoms with Gasteiger partial charge in [0.15, 0.2) is 0 Å². The van der Waals surface area contributed by atoms with E-state index in [9.17, 15) is 9.50 Å². The largest absolute Gasteiger partial charge is 0.392 e. The van der Waals surface area contributed by atoms with E-state index in [4.69, 9.17) is 5.14 Å². The third-order valence-corrected chi connectivity index (χ3v) is 7.59. The van der Waals surface area contributed by atoms with E-state index in [1.54, 1.807) is 6.07 Å². The summed E-state index contributed by atoms with van der Waals surface area (Å²) in [5.41, 5.74) is 2.50. The van der Waals surface area contributed by atoms with Crippen molar-refractivity contribution in [2.75, 3.05) is 6.67 Å². The first kappa shape index (κ1) is 21.0. The number of nitrogens with zero attached hydrogens (tertiary/aromatic N) is 1. The van der Waals surface area contributed by atoms with Crippen LogP contribution in [0, 0.1) is 17.2 Å². The fraction of sp³-hybridized carbons (Fsp3) is 0.636. The molecule has 5 N–H and O–H groups in total. The molecule has 5 unspecified atom stereocenters. The molecule has 5 atom stereocenters. The first-order chi connectivity index (χ1) is 14.0. The molecular formula is C22H33FN4OS. The number of benzene rings is 1. The molecular weight excluding hydrogens is 387 g/mol. The lowest BCUT2D eigenvalue weighted by Crippen LogP contribution is -2.46. The van der Waals surface area contributed by atoms with Crippen molar-refractivity contribution in [3.8, 4) is 0 Å². The highest BCUT2D eigenvalue weighted by molar-refractivity contribution is 7.95. The molecule has 0 aromatic heterocycles. The Morgan fingerprint density at radius 2 is 2.28 bits per heavy atom. The molecule has 1 aliphatic carbocycles. The van der Waals surface area contributed by atoms with Crippen molar-refractivity contribution in [3.05, 3.63) is 41.3 Å². The summed E-state index contributed by atoms with van der Waals surface area (Å²) in [5, 5.41) is 20.4. The fourth-order valence-corrected chi connectivity index (χ4v) is 6.25. The first-order valence-electron chi connectivity index (χ1n) is 10.7. The van der Waals surface area contributed by atoms with Crippen molar-refractivity contribution in [1.82, 2.24) is 14.9 Å². The van der Waals surface area contributed by atoms with Gasteiger partial charge in [-0.3, -0.25) is 5.14 Å². The lowest BCUT2D eigenvalue weighted by Gasteiger charge is -2.46. The second-order valence-electron chi connectivity index (χ2n) is 9.22. The Hall–Kier alpha value is -1.28. The van der Waals surface area contributed by atoms with Crippen molar-refractivity contribution in [2.45, 2.75) is 70.6 Å². The molecule has 2 aliphatic heterocycles. The van der Waals surface area contributed by atoms with Gasteiger partial charge in [0, 0.05) is 35.5 Å². The minimum Gasteiger partial charge on any atom is -0.392 e. The van der Waals surface area contributed by atoms with Crippen molar-refractivity contribution in [3.63, 3.8) is 0 Å². The van der Waals surface area contributed by atoms with Gasteiger partial charge in [-0.1, -0.05) is 38.8 Å². The summed E-state index contributed by atoms with van der Waals surface area (Å²) in [4.78, 5) is 2.19. The number of hydrogen-bond acceptors (Lipinski definition) is 6. The van der Waals surface area contributed by atoms with Gasteiger partial charge in [0.05, 0.1) is 24.5 Å². The SMILES string of the molecule is CCCC1CC(NSN)CC(C)(C(O)CC2c3c(F)cccc3C3=CNCN32)C1. The maximum atomic E-state index is 14.8. The molecule has 3 aliphatic rings. The molecule has 5 nitrogen and oxygen atoms in total. The van der Waals surface area contributed by atoms with Crippen LogP contribution in [0.25, 0.3) is 5.70 Å². The van der Waals surface area contributed by atoms with E-state index in [2.05, 4.69) is 28.8 Å². The standard InChI is InChI=1S/C22H33FN4OS/c1-3-5-14-8-15(26-29-24)11-22(2,10-14)20(28)9-18-21-16(6-4-7-17(21)23)19-12-25-13-27(18)19/h4,6-7,12,14-15,18,20,25-26,28H,3,5,8-11,13,24H2,1-2H3. The Balaban J connectivity index is 1.57. The molecule has 29 heavy (non-hydrogen) atoms. The molecule has 2 heterocycles. The Morgan fingerprint density at radius 3 is 3.03 bits per heavy atom. The molecule has 4 rings (SSSR count). The summed E-state index contributed by atoms with van der Waals surface area (Å²) in [6.07, 6.45) is 7.29. The molecule has 1 aromatic rings. The Bertz CT molecular complexity index is 759. The van der Waals surface area contributed by atoms with Crippen molar-refractivity contribution in [2.24, 2.45) is 16.5 Å². The lowest BCUT2D eigenvalue weighted by atomic mass is 9.64. The molecule has 0 amide bonds. The van der Waals surface area contributed by atoms with E-state index in [-0.39, 0.29) is 17.3 Å². The minimum atomic E-state index is -0.508. The van der Waals surface area contributed by atoms with Crippen LogP contribution in [0.2, 0.25) is 0 Å². The molecule has 7 heteroatoms. The van der Waals surface area contributed by atoms with Gasteiger partial charge < -0.3 is 15.3 Å². The number of rotatable bonds is 7. The van der Waals surface area contributed by atoms with Crippen LogP contribution in [0.15, 0.2) is 24.4 Å². The third-order valence-electron chi connectivity index (χ3n) is 7.12. The molecule has 1 aromatic carbocycles. The highest BCUT2D eigenvalue weighted by Crippen LogP contribution is 2.50. The fourth-order valence-electron chi connectivity index (χ4n) is 5.88. The van der Waals surface area contributed by atoms with Gasteiger partial charge in [-0.15, -0.1) is 0 Å². The van der Waals surface area contributed by atoms with Crippen molar-refractivity contribution < 1.29 is 9.50 Å². The first-order valence-corrected chi connectivity index (χ1v) is 11.6. The molecule has 1 saturated carbocycles. The van der Waals surface area contributed by atoms with Gasteiger partial charge in [-0.25, -0.2) is 9.11 Å². The van der Waals surface area contributed by atoms with E-state index in [1.807, 2.05) is 12.3 Å². The highest BCUT2D eigenvalue weighted by Gasteiger charge is 2.45. The van der Waals surface area contributed by atoms with Gasteiger partial charge in [0.2, 0.25) is 0 Å². The van der Waals surface area contributed by atoms with Crippen LogP contribution in [0.4, 0.5) is 4.39 Å². The van der Waals surface area contributed by atoms with Crippen molar-refractivity contribution >= 4 is 17.8 Å². The summed E-state index contributed by atoms with van der Waals surface area (Å²) < 4.78 is 18.1. The summed E-state index contributed by atoms with van der Waals surface area (Å²) >= 11 is 1.17. The van der Waals surface area contributed by atoms with E-state index < -0.39 is 6.10 Å². The Morgan fingerprint density at radius 1 is 1.45 bits per heavy atom. The van der Waals surface area contributed by atoms with Gasteiger partial charge in [0.1, 0.15) is 5.82 Å². The summed E-state index contributed by atoms with van der Waals surface area (Å²) in [6.45, 7) is 5.07. The number of hydrogen-bond donors (Lipinski definition) is 4. The molecule has 0 bridgehead atoms. The predicted octanol–water partition coefficient (Wildman–Crippen LogP) is 3.88. The highest BCUT2D eigenvalue weighted by atomic mass is 32.2. The van der Waals surface area contributed by atoms with E-state index in [0.717, 1.165) is 42.5 Å². The van der Waals surface area contributed by atoms with Crippen LogP contribution in [0.3, 0.4) is 0 Å². The van der Waals surface area contributed by atoms with Gasteiger partial charge in [-0.05, 0) is 43.1 Å². The predicted molar refractivity (Wildman–Crippen MR) is 117 cm³/mol. The van der Waals surface area contributed by atoms with E-state index in [1.165, 1.54) is 24.6 Å². The number of nitrogens with two attached hydrogens (primary N) is 1. The quantitative estimate of drug-likeness (QED) is 0.502. The second-order valence-corrected chi connectivity index (χ2v) is 9.69. The Kier molecular flexibility index (Phi) is 6.11. The van der Waals surface area contributed by atoms with Gasteiger partial charge in [-0.2, -0.15) is 0 Å². The van der Waals surface area contributed by atoms with Gasteiger partial charge in [0.25, 0.3) is 0 Å². The molecule has 0 spiro atoms. The maximum absolute atomic E-state index is 14.8. The summed E-state index contributed by atoms with van der Waals surface area (Å²) in [6, 6.07) is 5.44. The third kappa shape index (κ3) is 3.90. The van der Waals surface area contributed by atoms with Crippen LogP contribution in [0.5, 0.6) is 0 Å². The van der Waals surface area contributed by atoms with E-state index in [0.29, 0.717) is 25.0 Å². The van der Waals surface area contributed by atoms with Gasteiger partial charge >= 0.3 is 0 Å². The summed E-state index contributed by atoms with van der Waals surface area (Å²) in [7, 11) is 0. The number of fused-ring (bicyclic) bond motifs is 3. The maximum Gasteiger partial charge on any atom is 0.129 e. The average molecular weight is 421 g/mol. The van der Waals surface area contributed by atoms with Crippen LogP contribution < -0.4 is 15.2 Å². The van der Waals surface area contributed by atoms with Crippen LogP contribution in [-0.2, 0) is 0 Å². The lowest BCUT2D eigenvalue weighted by molar-refractivity contribution is -0.0305. The Labute approximate surface area is 177 Å². The number of halogens is 1. The zero-order valence-electron chi connectivity index (χ0n) is 17.3. The molecule has 0 radical (unpaired) electrons. The van der Waals surface area contributed by atoms with E-state index >= 15 is 0 Å². The molecule has 0 saturated heterocycles. The molecule has 1 fully saturated rings. The number of aliphatic hydroxyl groups is 1. The topological polar surface area (TPSA) is 73.5 Å². The normalized spacial score (nSPS) is 31.8. The van der Waals surface area contributed by atoms with Crippen LogP contribution in [0.1, 0.15) is 69.5 Å². The monoisotopic (exact) mass is 420 g/mol. The number of nitrogens with one attached hydrogen (secondary N) is 2. The minimum absolute atomic E-state index is 0.138. The average Bonchev–Trinajstić information content (AvgIpc) is 3.25. The summed E-state index contributed by atoms with van der Waals surface area (Å²) in [5.74, 6) is 0.404. The number of aliphatic hydroxyl groups excluding tert-OH is 1. The smallest absolute Gasteiger partial charge is 0.129 e. The second kappa shape index (κ2) is 8.46. The molecule has 160 valence electrons. The van der Waals surface area contributed by atoms with Crippen LogP contribution >= 0.6 is 12.1 Å². The zero-order chi connectivity index (χ0) is 20.6. The van der Waals surface area contributed by atoms with Crippen molar-refractivity contribution in [1.29, 1.82) is 0 Å². The van der Waals surface area contributed by atoms with Crippen LogP contribution in [-0.4, -0.2) is 28.8 Å².